The lowest BCUT2D eigenvalue weighted by atomic mass is 9.97. The van der Waals surface area contributed by atoms with Crippen molar-refractivity contribution in [1.29, 1.82) is 0 Å². The van der Waals surface area contributed by atoms with Gasteiger partial charge in [-0.2, -0.15) is 0 Å². The van der Waals surface area contributed by atoms with E-state index in [1.165, 1.54) is 18.0 Å². The minimum atomic E-state index is -0.964. The highest BCUT2D eigenvalue weighted by molar-refractivity contribution is 7.99. The number of ether oxygens (including phenoxy) is 2. The summed E-state index contributed by atoms with van der Waals surface area (Å²) in [5.74, 6) is -0.726. The van der Waals surface area contributed by atoms with E-state index in [0.717, 1.165) is 38.9 Å². The number of carbonyl (C=O) groups is 2. The van der Waals surface area contributed by atoms with Crippen LogP contribution in [0.3, 0.4) is 0 Å². The summed E-state index contributed by atoms with van der Waals surface area (Å²) in [5.41, 5.74) is 7.45. The third kappa shape index (κ3) is 8.00. The van der Waals surface area contributed by atoms with E-state index in [-0.39, 0.29) is 36.0 Å². The van der Waals surface area contributed by atoms with E-state index < -0.39 is 12.3 Å². The molecule has 2 heterocycles. The number of benzene rings is 5. The van der Waals surface area contributed by atoms with Gasteiger partial charge < -0.3 is 25.0 Å². The molecular weight excluding hydrogens is 663 g/mol. The van der Waals surface area contributed by atoms with Crippen molar-refractivity contribution in [3.63, 3.8) is 0 Å². The summed E-state index contributed by atoms with van der Waals surface area (Å²) in [7, 11) is 0. The van der Waals surface area contributed by atoms with E-state index in [0.29, 0.717) is 29.1 Å². The lowest BCUT2D eigenvalue weighted by Gasteiger charge is -2.36. The van der Waals surface area contributed by atoms with Crippen LogP contribution in [0, 0.1) is 0 Å². The number of para-hydroxylation sites is 2. The number of nitrogens with one attached hydrogen (secondary N) is 1. The molecule has 1 aliphatic heterocycles. The van der Waals surface area contributed by atoms with E-state index in [9.17, 15) is 19.8 Å². The third-order valence-electron chi connectivity index (χ3n) is 8.79. The van der Waals surface area contributed by atoms with Gasteiger partial charge in [-0.15, -0.1) is 11.8 Å². The average Bonchev–Trinajstić information content (AvgIpc) is 3.19. The van der Waals surface area contributed by atoms with Crippen molar-refractivity contribution in [3.05, 3.63) is 161 Å². The molecule has 9 nitrogen and oxygen atoms in total. The molecule has 0 unspecified atom stereocenters. The number of hydrogen-bond donors (Lipinski definition) is 3. The minimum absolute atomic E-state index is 0.0409. The predicted molar refractivity (Wildman–Crippen MR) is 195 cm³/mol. The number of aliphatic hydroxyl groups excluding tert-OH is 1. The van der Waals surface area contributed by atoms with Crippen molar-refractivity contribution in [2.45, 2.75) is 43.0 Å². The molecule has 3 atom stereocenters. The van der Waals surface area contributed by atoms with Crippen LogP contribution in [0.15, 0.2) is 132 Å². The number of aromatic carboxylic acids is 1. The van der Waals surface area contributed by atoms with Gasteiger partial charge in [0.15, 0.2) is 6.29 Å². The minimum Gasteiger partial charge on any atom is -0.478 e. The Hall–Kier alpha value is -5.39. The molecule has 1 saturated heterocycles. The molecule has 6 aromatic rings. The number of nitrogens with zero attached hydrogens (tertiary/aromatic N) is 2. The molecule has 0 bridgehead atoms. The van der Waals surface area contributed by atoms with E-state index in [4.69, 9.17) is 9.47 Å². The molecule has 7 rings (SSSR count). The maximum absolute atomic E-state index is 13.0. The Morgan fingerprint density at radius 2 is 1.51 bits per heavy atom. The molecule has 1 aromatic heterocycles. The van der Waals surface area contributed by atoms with Crippen molar-refractivity contribution in [2.75, 3.05) is 5.75 Å². The van der Waals surface area contributed by atoms with Crippen LogP contribution in [0.25, 0.3) is 22.2 Å². The molecule has 1 amide bonds. The first-order chi connectivity index (χ1) is 24.9. The monoisotopic (exact) mass is 697 g/mol. The van der Waals surface area contributed by atoms with Gasteiger partial charge in [-0.05, 0) is 52.1 Å². The SMILES string of the molecule is O=C(NCc1ccccc1-c1ccc([C@@H]2O[C@H](CSc3ccccc3C(=O)O)C[C@H](c3ccc(CO)cc3)O2)cc1)c1cnc2ccccc2n1. The van der Waals surface area contributed by atoms with Gasteiger partial charge in [-0.1, -0.05) is 97.1 Å². The zero-order valence-electron chi connectivity index (χ0n) is 27.5. The Balaban J connectivity index is 1.08. The number of carboxylic acid groups (broad SMARTS) is 1. The van der Waals surface area contributed by atoms with Crippen LogP contribution < -0.4 is 5.32 Å². The largest absolute Gasteiger partial charge is 0.478 e. The first-order valence-corrected chi connectivity index (χ1v) is 17.6. The highest BCUT2D eigenvalue weighted by atomic mass is 32.2. The smallest absolute Gasteiger partial charge is 0.336 e. The van der Waals surface area contributed by atoms with E-state index in [1.807, 2.05) is 109 Å². The number of rotatable bonds is 11. The van der Waals surface area contributed by atoms with Gasteiger partial charge in [-0.25, -0.2) is 9.78 Å². The molecule has 0 radical (unpaired) electrons. The number of carboxylic acids is 1. The molecule has 3 N–H and O–H groups in total. The van der Waals surface area contributed by atoms with E-state index in [1.54, 1.807) is 12.1 Å². The molecule has 1 fully saturated rings. The molecule has 5 aromatic carbocycles. The van der Waals surface area contributed by atoms with Gasteiger partial charge in [0.25, 0.3) is 5.91 Å². The van der Waals surface area contributed by atoms with Crippen LogP contribution in [0.1, 0.15) is 61.9 Å². The average molecular weight is 698 g/mol. The van der Waals surface area contributed by atoms with Gasteiger partial charge in [-0.3, -0.25) is 9.78 Å². The van der Waals surface area contributed by atoms with Crippen molar-refractivity contribution in [1.82, 2.24) is 15.3 Å². The number of fused-ring (bicyclic) bond motifs is 1. The maximum atomic E-state index is 13.0. The Morgan fingerprint density at radius 3 is 2.29 bits per heavy atom. The second kappa shape index (κ2) is 15.7. The van der Waals surface area contributed by atoms with Crippen LogP contribution in [0.4, 0.5) is 0 Å². The van der Waals surface area contributed by atoms with Gasteiger partial charge in [0, 0.05) is 29.2 Å². The lowest BCUT2D eigenvalue weighted by Crippen LogP contribution is -2.31. The van der Waals surface area contributed by atoms with E-state index in [2.05, 4.69) is 15.3 Å². The lowest BCUT2D eigenvalue weighted by molar-refractivity contribution is -0.245. The Kier molecular flexibility index (Phi) is 10.5. The van der Waals surface area contributed by atoms with Gasteiger partial charge in [0.1, 0.15) is 5.69 Å². The van der Waals surface area contributed by atoms with E-state index >= 15 is 0 Å². The molecule has 0 spiro atoms. The summed E-state index contributed by atoms with van der Waals surface area (Å²) >= 11 is 1.46. The van der Waals surface area contributed by atoms with Crippen molar-refractivity contribution in [3.8, 4) is 11.1 Å². The number of thioether (sulfide) groups is 1. The molecule has 0 aliphatic carbocycles. The molecule has 256 valence electrons. The molecule has 51 heavy (non-hydrogen) atoms. The number of hydrogen-bond acceptors (Lipinski definition) is 8. The first-order valence-electron chi connectivity index (χ1n) is 16.6. The van der Waals surface area contributed by atoms with Crippen LogP contribution >= 0.6 is 11.8 Å². The highest BCUT2D eigenvalue weighted by Gasteiger charge is 2.32. The zero-order valence-corrected chi connectivity index (χ0v) is 28.3. The number of amides is 1. The van der Waals surface area contributed by atoms with Gasteiger partial charge in [0.2, 0.25) is 0 Å². The van der Waals surface area contributed by atoms with Gasteiger partial charge in [0.05, 0.1) is 41.6 Å². The Bertz CT molecular complexity index is 2160. The highest BCUT2D eigenvalue weighted by Crippen LogP contribution is 2.40. The van der Waals surface area contributed by atoms with Crippen molar-refractivity contribution >= 4 is 34.7 Å². The molecule has 0 saturated carbocycles. The summed E-state index contributed by atoms with van der Waals surface area (Å²) in [4.78, 5) is 34.3. The fourth-order valence-electron chi connectivity index (χ4n) is 6.08. The quantitative estimate of drug-likeness (QED) is 0.116. The Labute approximate surface area is 299 Å². The molecule has 1 aliphatic rings. The number of aromatic nitrogens is 2. The second-order valence-electron chi connectivity index (χ2n) is 12.2. The van der Waals surface area contributed by atoms with Crippen LogP contribution in [0.2, 0.25) is 0 Å². The standard InChI is InChI=1S/C41H35N3O6S/c45-24-26-13-15-28(16-14-26)37-21-31(25-51-38-12-6-3-9-33(38)40(47)48)49-41(50-37)29-19-17-27(18-20-29)32-8-2-1-7-30(32)22-43-39(46)36-23-42-34-10-4-5-11-35(34)44-36/h1-20,23,31,37,41,45H,21-22,24-25H2,(H,43,46)(H,47,48)/t31-,37+,41+/m0/s1. The summed E-state index contributed by atoms with van der Waals surface area (Å²) < 4.78 is 13.0. The summed E-state index contributed by atoms with van der Waals surface area (Å²) in [5, 5.41) is 22.2. The summed E-state index contributed by atoms with van der Waals surface area (Å²) in [6.45, 7) is 0.266. The molecule has 10 heteroatoms. The fraction of sp³-hybridized carbons (Fsp3) is 0.171. The van der Waals surface area contributed by atoms with Gasteiger partial charge >= 0.3 is 5.97 Å². The zero-order chi connectivity index (χ0) is 35.2. The van der Waals surface area contributed by atoms with Crippen LogP contribution in [-0.4, -0.2) is 43.9 Å². The fourth-order valence-corrected chi connectivity index (χ4v) is 7.15. The Morgan fingerprint density at radius 1 is 0.804 bits per heavy atom. The summed E-state index contributed by atoms with van der Waals surface area (Å²) in [6.07, 6.45) is 0.917. The maximum Gasteiger partial charge on any atom is 0.336 e. The first kappa shape index (κ1) is 34.1. The topological polar surface area (TPSA) is 131 Å². The number of carbonyl (C=O) groups excluding carboxylic acids is 1. The number of aliphatic hydroxyl groups is 1. The molecular formula is C41H35N3O6S. The second-order valence-corrected chi connectivity index (χ2v) is 13.2. The third-order valence-corrected chi connectivity index (χ3v) is 9.99. The van der Waals surface area contributed by atoms with Crippen LogP contribution in [-0.2, 0) is 22.6 Å². The van der Waals surface area contributed by atoms with Crippen molar-refractivity contribution in [2.24, 2.45) is 0 Å². The normalized spacial score (nSPS) is 17.2. The summed E-state index contributed by atoms with van der Waals surface area (Å²) in [6, 6.07) is 38.1. The van der Waals surface area contributed by atoms with Crippen LogP contribution in [0.5, 0.6) is 0 Å². The predicted octanol–water partition coefficient (Wildman–Crippen LogP) is 7.76. The van der Waals surface area contributed by atoms with Crippen molar-refractivity contribution < 1.29 is 29.3 Å².